The van der Waals surface area contributed by atoms with Crippen LogP contribution in [0.1, 0.15) is 52.6 Å². The summed E-state index contributed by atoms with van der Waals surface area (Å²) in [6, 6.07) is 19.0. The van der Waals surface area contributed by atoms with Crippen molar-refractivity contribution in [3.8, 4) is 17.2 Å². The van der Waals surface area contributed by atoms with Crippen molar-refractivity contribution in [1.82, 2.24) is 14.8 Å². The predicted molar refractivity (Wildman–Crippen MR) is 162 cm³/mol. The zero-order valence-electron chi connectivity index (χ0n) is 24.6. The number of hydrogen-bond donors (Lipinski definition) is 5. The molecule has 0 aliphatic heterocycles. The monoisotopic (exact) mass is 605 g/mol. The van der Waals surface area contributed by atoms with Gasteiger partial charge < -0.3 is 30.2 Å². The summed E-state index contributed by atoms with van der Waals surface area (Å²) < 4.78 is 17.8. The molecule has 13 nitrogen and oxygen atoms in total. The summed E-state index contributed by atoms with van der Waals surface area (Å²) in [4.78, 5) is 36.7. The molecular formula is C31H35N5O8. The minimum atomic E-state index is -1.17. The summed E-state index contributed by atoms with van der Waals surface area (Å²) in [7, 11) is 1.60. The number of aromatic nitrogens is 3. The predicted octanol–water partition coefficient (Wildman–Crippen LogP) is 3.43. The third-order valence-corrected chi connectivity index (χ3v) is 6.25. The van der Waals surface area contributed by atoms with Crippen LogP contribution < -0.4 is 20.9 Å². The molecule has 4 aromatic rings. The number of benzene rings is 3. The number of aromatic amines is 1. The van der Waals surface area contributed by atoms with Gasteiger partial charge in [0.15, 0.2) is 11.5 Å². The normalized spacial score (nSPS) is 11.2. The van der Waals surface area contributed by atoms with Crippen molar-refractivity contribution in [3.05, 3.63) is 105 Å². The van der Waals surface area contributed by atoms with E-state index in [1.54, 1.807) is 37.4 Å². The molecular weight excluding hydrogens is 570 g/mol. The number of nitrogens with one attached hydrogen (secondary N) is 2. The Morgan fingerprint density at radius 3 is 2.32 bits per heavy atom. The SMILES string of the molecule is CC(=O)O.CCOc1cc(C(Cc2ccc(C(=N)N)cc2)c2nn(-c3ccccc3C(=O)O)c(=O)[nH]2)ccc1OCCOC. The Morgan fingerprint density at radius 1 is 1.02 bits per heavy atom. The van der Waals surface area contributed by atoms with Crippen LogP contribution in [0.25, 0.3) is 5.69 Å². The summed E-state index contributed by atoms with van der Waals surface area (Å²) >= 11 is 0. The van der Waals surface area contributed by atoms with Crippen molar-refractivity contribution in [2.75, 3.05) is 26.9 Å². The van der Waals surface area contributed by atoms with Crippen LogP contribution in [0.15, 0.2) is 71.5 Å². The molecule has 44 heavy (non-hydrogen) atoms. The van der Waals surface area contributed by atoms with E-state index in [1.165, 1.54) is 12.1 Å². The fourth-order valence-electron chi connectivity index (χ4n) is 4.29. The van der Waals surface area contributed by atoms with Crippen LogP contribution in [0.2, 0.25) is 0 Å². The zero-order chi connectivity index (χ0) is 32.2. The highest BCUT2D eigenvalue weighted by atomic mass is 16.5. The van der Waals surface area contributed by atoms with E-state index in [0.717, 1.165) is 22.7 Å². The molecule has 6 N–H and O–H groups in total. The highest BCUT2D eigenvalue weighted by Crippen LogP contribution is 2.34. The molecule has 1 unspecified atom stereocenters. The standard InChI is InChI=1S/C29H31N5O6.C2H4O2/c1-3-39-25-17-20(12-13-24(25)40-15-14-38-2)22(16-18-8-10-19(11-9-18)26(30)31)27-32-29(37)34(33-27)23-7-5-4-6-21(23)28(35)36;1-2(3)4/h4-13,17,22H,3,14-16H2,1-2H3,(H3,30,31)(H,35,36)(H,32,33,37);1H3,(H,3,4). The van der Waals surface area contributed by atoms with Crippen molar-refractivity contribution in [2.24, 2.45) is 5.73 Å². The fraction of sp³-hybridized carbons (Fsp3) is 0.258. The molecule has 1 heterocycles. The number of nitrogen functional groups attached to an aromatic ring is 1. The Hall–Kier alpha value is -5.43. The number of nitrogens with zero attached hydrogens (tertiary/aromatic N) is 2. The van der Waals surface area contributed by atoms with E-state index in [-0.39, 0.29) is 17.1 Å². The van der Waals surface area contributed by atoms with E-state index < -0.39 is 23.5 Å². The first-order valence-electron chi connectivity index (χ1n) is 13.6. The molecule has 1 aromatic heterocycles. The van der Waals surface area contributed by atoms with Gasteiger partial charge in [0, 0.05) is 25.5 Å². The maximum Gasteiger partial charge on any atom is 0.348 e. The number of H-pyrrole nitrogens is 1. The number of para-hydroxylation sites is 1. The quantitative estimate of drug-likeness (QED) is 0.0853. The summed E-state index contributed by atoms with van der Waals surface area (Å²) in [6.45, 7) is 4.14. The molecule has 0 saturated carbocycles. The highest BCUT2D eigenvalue weighted by Gasteiger charge is 2.24. The number of carboxylic acid groups (broad SMARTS) is 2. The van der Waals surface area contributed by atoms with Crippen LogP contribution in [-0.4, -0.2) is 69.7 Å². The molecule has 0 bridgehead atoms. The van der Waals surface area contributed by atoms with Gasteiger partial charge in [0.2, 0.25) is 0 Å². The smallest absolute Gasteiger partial charge is 0.348 e. The maximum absolute atomic E-state index is 13.1. The van der Waals surface area contributed by atoms with Crippen LogP contribution in [-0.2, 0) is 16.0 Å². The number of hydrogen-bond acceptors (Lipinski definition) is 8. The van der Waals surface area contributed by atoms with Gasteiger partial charge in [-0.05, 0) is 48.7 Å². The van der Waals surface area contributed by atoms with Crippen LogP contribution in [0.5, 0.6) is 11.5 Å². The second-order valence-corrected chi connectivity index (χ2v) is 9.42. The van der Waals surface area contributed by atoms with Crippen LogP contribution in [0.3, 0.4) is 0 Å². The lowest BCUT2D eigenvalue weighted by atomic mass is 9.90. The van der Waals surface area contributed by atoms with Crippen LogP contribution in [0.4, 0.5) is 0 Å². The number of amidine groups is 1. The van der Waals surface area contributed by atoms with Gasteiger partial charge in [-0.1, -0.05) is 42.5 Å². The van der Waals surface area contributed by atoms with Crippen molar-refractivity contribution in [2.45, 2.75) is 26.2 Å². The average Bonchev–Trinajstić information content (AvgIpc) is 3.37. The Morgan fingerprint density at radius 2 is 1.70 bits per heavy atom. The number of ether oxygens (including phenoxy) is 3. The largest absolute Gasteiger partial charge is 0.490 e. The van der Waals surface area contributed by atoms with E-state index in [4.69, 9.17) is 35.3 Å². The zero-order valence-corrected chi connectivity index (χ0v) is 24.6. The number of carboxylic acids is 2. The second-order valence-electron chi connectivity index (χ2n) is 9.42. The second kappa shape index (κ2) is 15.7. The lowest BCUT2D eigenvalue weighted by molar-refractivity contribution is -0.134. The first kappa shape index (κ1) is 33.1. The minimum Gasteiger partial charge on any atom is -0.490 e. The molecule has 3 aromatic carbocycles. The molecule has 13 heteroatoms. The molecule has 0 fully saturated rings. The van der Waals surface area contributed by atoms with Crippen molar-refractivity contribution >= 4 is 17.8 Å². The number of methoxy groups -OCH3 is 1. The summed E-state index contributed by atoms with van der Waals surface area (Å²) in [5.74, 6) is -1.04. The molecule has 0 aliphatic carbocycles. The Balaban J connectivity index is 0.00000124. The van der Waals surface area contributed by atoms with E-state index in [9.17, 15) is 14.7 Å². The molecule has 0 spiro atoms. The first-order valence-corrected chi connectivity index (χ1v) is 13.6. The number of aliphatic carboxylic acids is 1. The fourth-order valence-corrected chi connectivity index (χ4v) is 4.29. The summed E-state index contributed by atoms with van der Waals surface area (Å²) in [6.07, 6.45) is 0.432. The van der Waals surface area contributed by atoms with Crippen LogP contribution >= 0.6 is 0 Å². The van der Waals surface area contributed by atoms with Crippen LogP contribution in [0, 0.1) is 5.41 Å². The molecule has 4 rings (SSSR count). The third-order valence-electron chi connectivity index (χ3n) is 6.25. The third kappa shape index (κ3) is 8.79. The number of aromatic carboxylic acids is 1. The molecule has 0 saturated heterocycles. The number of carbonyl (C=O) groups is 2. The van der Waals surface area contributed by atoms with Gasteiger partial charge in [-0.2, -0.15) is 4.68 Å². The van der Waals surface area contributed by atoms with E-state index in [2.05, 4.69) is 10.1 Å². The van der Waals surface area contributed by atoms with Gasteiger partial charge in [-0.25, -0.2) is 9.59 Å². The molecule has 0 amide bonds. The lowest BCUT2D eigenvalue weighted by Gasteiger charge is -2.18. The lowest BCUT2D eigenvalue weighted by Crippen LogP contribution is -2.18. The van der Waals surface area contributed by atoms with E-state index >= 15 is 0 Å². The van der Waals surface area contributed by atoms with E-state index in [0.29, 0.717) is 49.1 Å². The highest BCUT2D eigenvalue weighted by molar-refractivity contribution is 5.94. The Kier molecular flexibility index (Phi) is 11.8. The van der Waals surface area contributed by atoms with Gasteiger partial charge >= 0.3 is 11.7 Å². The van der Waals surface area contributed by atoms with Gasteiger partial charge in [-0.3, -0.25) is 15.2 Å². The Labute approximate surface area is 253 Å². The Bertz CT molecular complexity index is 1640. The average molecular weight is 606 g/mol. The van der Waals surface area contributed by atoms with Crippen molar-refractivity contribution in [3.63, 3.8) is 0 Å². The van der Waals surface area contributed by atoms with Gasteiger partial charge in [0.05, 0.1) is 24.5 Å². The van der Waals surface area contributed by atoms with Gasteiger partial charge in [-0.15, -0.1) is 5.10 Å². The topological polar surface area (TPSA) is 203 Å². The van der Waals surface area contributed by atoms with Gasteiger partial charge in [0.1, 0.15) is 18.3 Å². The van der Waals surface area contributed by atoms with Gasteiger partial charge in [0.25, 0.3) is 5.97 Å². The number of nitrogens with two attached hydrogens (primary N) is 1. The molecule has 0 radical (unpaired) electrons. The van der Waals surface area contributed by atoms with Crippen molar-refractivity contribution in [1.29, 1.82) is 5.41 Å². The summed E-state index contributed by atoms with van der Waals surface area (Å²) in [5, 5.41) is 29.3. The molecule has 0 aliphatic rings. The minimum absolute atomic E-state index is 0.0336. The maximum atomic E-state index is 13.1. The summed E-state index contributed by atoms with van der Waals surface area (Å²) in [5.41, 5.74) is 7.46. The molecule has 1 atom stereocenters. The molecule has 232 valence electrons. The first-order chi connectivity index (χ1) is 21.0. The van der Waals surface area contributed by atoms with Crippen molar-refractivity contribution < 1.29 is 34.0 Å². The number of rotatable bonds is 13. The van der Waals surface area contributed by atoms with E-state index in [1.807, 2.05) is 31.2 Å².